The molecule has 0 spiro atoms. The second-order valence-electron chi connectivity index (χ2n) is 4.81. The Hall–Kier alpha value is -1.44. The number of aromatic nitrogens is 2. The minimum atomic E-state index is -0.745. The fourth-order valence-electron chi connectivity index (χ4n) is 2.66. The normalized spacial score (nSPS) is 38.2. The van der Waals surface area contributed by atoms with E-state index >= 15 is 0 Å². The molecular weight excluding hydrogens is 240 g/mol. The largest absolute Gasteiger partial charge is 0.393 e. The second kappa shape index (κ2) is 3.78. The zero-order valence-electron chi connectivity index (χ0n) is 9.83. The highest BCUT2D eigenvalue weighted by Crippen LogP contribution is 2.48. The van der Waals surface area contributed by atoms with E-state index in [1.165, 1.54) is 16.8 Å². The summed E-state index contributed by atoms with van der Waals surface area (Å²) in [5.74, 6) is -0.00803. The van der Waals surface area contributed by atoms with Crippen molar-refractivity contribution in [2.45, 2.75) is 24.9 Å². The van der Waals surface area contributed by atoms with Crippen LogP contribution in [-0.2, 0) is 9.47 Å². The number of nitrogens with one attached hydrogen (secondary N) is 1. The van der Waals surface area contributed by atoms with Gasteiger partial charge in [0.2, 0.25) is 0 Å². The average Bonchev–Trinajstić information content (AvgIpc) is 2.81. The first-order valence-electron chi connectivity index (χ1n) is 5.79. The molecule has 0 amide bonds. The topological polar surface area (TPSA) is 93.5 Å². The van der Waals surface area contributed by atoms with Crippen LogP contribution in [0.1, 0.15) is 13.2 Å². The summed E-state index contributed by atoms with van der Waals surface area (Å²) < 4.78 is 12.6. The summed E-state index contributed by atoms with van der Waals surface area (Å²) in [7, 11) is 0. The van der Waals surface area contributed by atoms with E-state index in [0.717, 1.165) is 0 Å². The van der Waals surface area contributed by atoms with Crippen molar-refractivity contribution in [2.24, 2.45) is 5.92 Å². The third-order valence-corrected chi connectivity index (χ3v) is 3.87. The Kier molecular flexibility index (Phi) is 2.44. The molecule has 0 radical (unpaired) electrons. The molecule has 2 saturated heterocycles. The molecule has 0 saturated carbocycles. The summed E-state index contributed by atoms with van der Waals surface area (Å²) in [5, 5.41) is 9.44. The standard InChI is InChI=1S/C11H14N2O5/c1-6-8-9(18-11(6,4-14)5-17-8)13-3-2-7(15)12-10(13)16/h2-3,6,8-9,14H,4-5H2,1H3,(H,12,15,16)/t6-,8+,9+,11-/m0/s1. The molecule has 3 heterocycles. The van der Waals surface area contributed by atoms with Crippen LogP contribution in [0.15, 0.2) is 21.9 Å². The molecule has 0 unspecified atom stereocenters. The lowest BCUT2D eigenvalue weighted by molar-refractivity contribution is -0.186. The van der Waals surface area contributed by atoms with Crippen molar-refractivity contribution >= 4 is 0 Å². The third kappa shape index (κ3) is 1.41. The fourth-order valence-corrected chi connectivity index (χ4v) is 2.66. The van der Waals surface area contributed by atoms with E-state index in [9.17, 15) is 14.7 Å². The van der Waals surface area contributed by atoms with Gasteiger partial charge in [0.1, 0.15) is 11.7 Å². The minimum absolute atomic E-state index is 0.00803. The molecule has 1 aromatic heterocycles. The molecule has 1 aromatic rings. The van der Waals surface area contributed by atoms with Gasteiger partial charge in [-0.15, -0.1) is 0 Å². The summed E-state index contributed by atoms with van der Waals surface area (Å²) >= 11 is 0. The van der Waals surface area contributed by atoms with Crippen LogP contribution in [0.5, 0.6) is 0 Å². The molecule has 7 heteroatoms. The quantitative estimate of drug-likeness (QED) is 0.693. The predicted molar refractivity (Wildman–Crippen MR) is 60.2 cm³/mol. The summed E-state index contributed by atoms with van der Waals surface area (Å²) in [5.41, 5.74) is -1.74. The monoisotopic (exact) mass is 254 g/mol. The fraction of sp³-hybridized carbons (Fsp3) is 0.636. The van der Waals surface area contributed by atoms with Crippen molar-refractivity contribution < 1.29 is 14.6 Å². The molecule has 0 aromatic carbocycles. The van der Waals surface area contributed by atoms with E-state index < -0.39 is 23.1 Å². The van der Waals surface area contributed by atoms with Gasteiger partial charge in [-0.1, -0.05) is 6.92 Å². The smallest absolute Gasteiger partial charge is 0.330 e. The molecule has 98 valence electrons. The summed E-state index contributed by atoms with van der Waals surface area (Å²) in [4.78, 5) is 24.9. The molecular formula is C11H14N2O5. The Balaban J connectivity index is 2.01. The SMILES string of the molecule is C[C@H]1[C@H]2OC[C@]1(CO)O[C@H]2n1ccc(=O)[nH]c1=O. The molecule has 2 N–H and O–H groups in total. The second-order valence-corrected chi connectivity index (χ2v) is 4.81. The zero-order chi connectivity index (χ0) is 12.9. The molecule has 2 aliphatic heterocycles. The van der Waals surface area contributed by atoms with Gasteiger partial charge in [-0.3, -0.25) is 14.3 Å². The van der Waals surface area contributed by atoms with Crippen LogP contribution in [0.2, 0.25) is 0 Å². The number of H-pyrrole nitrogens is 1. The van der Waals surface area contributed by atoms with Gasteiger partial charge >= 0.3 is 5.69 Å². The third-order valence-electron chi connectivity index (χ3n) is 3.87. The Morgan fingerprint density at radius 1 is 1.61 bits per heavy atom. The predicted octanol–water partition coefficient (Wildman–Crippen LogP) is -1.17. The van der Waals surface area contributed by atoms with E-state index in [1.54, 1.807) is 0 Å². The van der Waals surface area contributed by atoms with Gasteiger partial charge in [0.05, 0.1) is 13.2 Å². The molecule has 0 aliphatic carbocycles. The van der Waals surface area contributed by atoms with Crippen LogP contribution in [0.4, 0.5) is 0 Å². The maximum Gasteiger partial charge on any atom is 0.330 e. The average molecular weight is 254 g/mol. The first-order chi connectivity index (χ1) is 8.57. The lowest BCUT2D eigenvalue weighted by atomic mass is 9.91. The number of aromatic amines is 1. The number of nitrogens with zero attached hydrogens (tertiary/aromatic N) is 1. The maximum absolute atomic E-state index is 11.7. The van der Waals surface area contributed by atoms with Gasteiger partial charge in [-0.2, -0.15) is 0 Å². The Labute approximate surface area is 102 Å². The van der Waals surface area contributed by atoms with Gasteiger partial charge in [0, 0.05) is 18.2 Å². The molecule has 2 fully saturated rings. The van der Waals surface area contributed by atoms with Crippen LogP contribution < -0.4 is 11.2 Å². The summed E-state index contributed by atoms with van der Waals surface area (Å²) in [6.07, 6.45) is 0.485. The summed E-state index contributed by atoms with van der Waals surface area (Å²) in [6, 6.07) is 1.26. The number of hydrogen-bond donors (Lipinski definition) is 2. The number of fused-ring (bicyclic) bond motifs is 2. The first kappa shape index (κ1) is 11.6. The van der Waals surface area contributed by atoms with Crippen LogP contribution in [0.25, 0.3) is 0 Å². The Bertz CT molecular complexity index is 579. The highest BCUT2D eigenvalue weighted by molar-refractivity contribution is 5.04. The summed E-state index contributed by atoms with van der Waals surface area (Å²) in [6.45, 7) is 2.09. The molecule has 18 heavy (non-hydrogen) atoms. The number of aliphatic hydroxyl groups excluding tert-OH is 1. The molecule has 2 aliphatic rings. The number of ether oxygens (including phenoxy) is 2. The highest BCUT2D eigenvalue weighted by Gasteiger charge is 2.59. The van der Waals surface area contributed by atoms with E-state index in [0.29, 0.717) is 6.61 Å². The molecule has 3 rings (SSSR count). The lowest BCUT2D eigenvalue weighted by Crippen LogP contribution is -2.43. The number of hydrogen-bond acceptors (Lipinski definition) is 5. The zero-order valence-corrected chi connectivity index (χ0v) is 9.83. The van der Waals surface area contributed by atoms with Gasteiger partial charge < -0.3 is 14.6 Å². The van der Waals surface area contributed by atoms with E-state index in [1.807, 2.05) is 6.92 Å². The van der Waals surface area contributed by atoms with Crippen LogP contribution in [-0.4, -0.2) is 39.6 Å². The maximum atomic E-state index is 11.7. The van der Waals surface area contributed by atoms with E-state index in [-0.39, 0.29) is 18.6 Å². The van der Waals surface area contributed by atoms with Crippen molar-refractivity contribution in [3.63, 3.8) is 0 Å². The number of rotatable bonds is 2. The van der Waals surface area contributed by atoms with Crippen molar-refractivity contribution in [1.82, 2.24) is 9.55 Å². The van der Waals surface area contributed by atoms with Gasteiger partial charge in [0.25, 0.3) is 5.56 Å². The Morgan fingerprint density at radius 2 is 2.39 bits per heavy atom. The van der Waals surface area contributed by atoms with Gasteiger partial charge in [-0.25, -0.2) is 4.79 Å². The lowest BCUT2D eigenvalue weighted by Gasteiger charge is -2.30. The van der Waals surface area contributed by atoms with Crippen molar-refractivity contribution in [3.8, 4) is 0 Å². The van der Waals surface area contributed by atoms with Crippen LogP contribution in [0, 0.1) is 5.92 Å². The van der Waals surface area contributed by atoms with Gasteiger partial charge in [0.15, 0.2) is 6.23 Å². The minimum Gasteiger partial charge on any atom is -0.393 e. The van der Waals surface area contributed by atoms with Gasteiger partial charge in [-0.05, 0) is 0 Å². The van der Waals surface area contributed by atoms with Crippen LogP contribution in [0.3, 0.4) is 0 Å². The molecule has 4 atom stereocenters. The molecule has 7 nitrogen and oxygen atoms in total. The van der Waals surface area contributed by atoms with Crippen LogP contribution >= 0.6 is 0 Å². The van der Waals surface area contributed by atoms with Crippen molar-refractivity contribution in [1.29, 1.82) is 0 Å². The Morgan fingerprint density at radius 3 is 3.00 bits per heavy atom. The van der Waals surface area contributed by atoms with Crippen molar-refractivity contribution in [3.05, 3.63) is 33.1 Å². The highest BCUT2D eigenvalue weighted by atomic mass is 16.6. The molecule has 2 bridgehead atoms. The van der Waals surface area contributed by atoms with E-state index in [4.69, 9.17) is 9.47 Å². The van der Waals surface area contributed by atoms with Crippen molar-refractivity contribution in [2.75, 3.05) is 13.2 Å². The first-order valence-corrected chi connectivity index (χ1v) is 5.79. The number of aliphatic hydroxyl groups is 1. The van der Waals surface area contributed by atoms with E-state index in [2.05, 4.69) is 4.98 Å².